The predicted molar refractivity (Wildman–Crippen MR) is 113 cm³/mol. The summed E-state index contributed by atoms with van der Waals surface area (Å²) in [4.78, 5) is 33.6. The first-order valence-corrected chi connectivity index (χ1v) is 10.1. The molecule has 2 aromatic carbocycles. The summed E-state index contributed by atoms with van der Waals surface area (Å²) in [7, 11) is 1.68. The maximum atomic E-state index is 13.0. The zero-order chi connectivity index (χ0) is 21.1. The lowest BCUT2D eigenvalue weighted by atomic mass is 10.2. The van der Waals surface area contributed by atoms with E-state index >= 15 is 0 Å². The number of thioether (sulfide) groups is 1. The Labute approximate surface area is 175 Å². The van der Waals surface area contributed by atoms with Crippen LogP contribution in [-0.4, -0.2) is 43.4 Å². The first-order valence-electron chi connectivity index (χ1n) is 9.16. The molecule has 2 heterocycles. The van der Waals surface area contributed by atoms with Crippen molar-refractivity contribution in [1.29, 1.82) is 0 Å². The van der Waals surface area contributed by atoms with Crippen molar-refractivity contribution >= 4 is 28.7 Å². The Kier molecular flexibility index (Phi) is 5.62. The molecule has 1 N–H and O–H groups in total. The average Bonchev–Trinajstić information content (AvgIpc) is 3.19. The van der Waals surface area contributed by atoms with E-state index in [4.69, 9.17) is 0 Å². The van der Waals surface area contributed by atoms with Crippen molar-refractivity contribution in [3.05, 3.63) is 82.5 Å². The third-order valence-corrected chi connectivity index (χ3v) is 5.37. The highest BCUT2D eigenvalue weighted by Crippen LogP contribution is 2.18. The number of halogens is 1. The van der Waals surface area contributed by atoms with Crippen molar-refractivity contribution in [2.24, 2.45) is 0 Å². The fraction of sp³-hybridized carbons (Fsp3) is 0.143. The van der Waals surface area contributed by atoms with Gasteiger partial charge in [-0.05, 0) is 29.8 Å². The average molecular weight is 423 g/mol. The number of carbonyl (C=O) groups is 1. The Hall–Kier alpha value is -3.46. The molecule has 0 atom stereocenters. The Morgan fingerprint density at radius 1 is 1.17 bits per heavy atom. The molecule has 9 heteroatoms. The molecule has 0 radical (unpaired) electrons. The van der Waals surface area contributed by atoms with Crippen LogP contribution in [0.3, 0.4) is 0 Å². The minimum atomic E-state index is -0.316. The predicted octanol–water partition coefficient (Wildman–Crippen LogP) is 3.00. The van der Waals surface area contributed by atoms with Gasteiger partial charge in [-0.2, -0.15) is 5.10 Å². The summed E-state index contributed by atoms with van der Waals surface area (Å²) in [6.45, 7) is 0.365. The smallest absolute Gasteiger partial charge is 0.262 e. The van der Waals surface area contributed by atoms with E-state index in [1.54, 1.807) is 28.8 Å². The van der Waals surface area contributed by atoms with Gasteiger partial charge in [0.05, 0.1) is 17.6 Å². The Morgan fingerprint density at radius 2 is 1.90 bits per heavy atom. The zero-order valence-corrected chi connectivity index (χ0v) is 16.9. The van der Waals surface area contributed by atoms with Gasteiger partial charge in [0.15, 0.2) is 10.8 Å². The van der Waals surface area contributed by atoms with Crippen molar-refractivity contribution < 1.29 is 9.18 Å². The van der Waals surface area contributed by atoms with Crippen LogP contribution in [0, 0.1) is 5.82 Å². The maximum Gasteiger partial charge on any atom is 0.262 e. The molecule has 7 nitrogen and oxygen atoms in total. The summed E-state index contributed by atoms with van der Waals surface area (Å²) in [5, 5.41) is 4.99. The third-order valence-electron chi connectivity index (χ3n) is 4.51. The van der Waals surface area contributed by atoms with Crippen LogP contribution >= 0.6 is 11.8 Å². The number of aromatic amines is 1. The van der Waals surface area contributed by atoms with E-state index in [1.165, 1.54) is 18.3 Å². The van der Waals surface area contributed by atoms with Gasteiger partial charge < -0.3 is 9.88 Å². The molecule has 0 saturated carbocycles. The Morgan fingerprint density at radius 3 is 2.63 bits per heavy atom. The van der Waals surface area contributed by atoms with E-state index in [2.05, 4.69) is 15.1 Å². The number of benzene rings is 2. The van der Waals surface area contributed by atoms with Crippen molar-refractivity contribution in [3.8, 4) is 5.69 Å². The van der Waals surface area contributed by atoms with Crippen LogP contribution in [0.1, 0.15) is 5.56 Å². The first kappa shape index (κ1) is 19.8. The number of para-hydroxylation sites is 1. The molecule has 0 aliphatic rings. The van der Waals surface area contributed by atoms with E-state index in [9.17, 15) is 14.0 Å². The molecule has 0 fully saturated rings. The van der Waals surface area contributed by atoms with E-state index in [-0.39, 0.29) is 23.0 Å². The summed E-state index contributed by atoms with van der Waals surface area (Å²) in [6.07, 6.45) is 1.48. The van der Waals surface area contributed by atoms with Crippen LogP contribution in [0.25, 0.3) is 16.7 Å². The van der Waals surface area contributed by atoms with Crippen molar-refractivity contribution in [3.63, 3.8) is 0 Å². The van der Waals surface area contributed by atoms with Gasteiger partial charge in [-0.3, -0.25) is 9.59 Å². The highest BCUT2D eigenvalue weighted by atomic mass is 32.2. The van der Waals surface area contributed by atoms with E-state index in [0.29, 0.717) is 22.7 Å². The number of rotatable bonds is 6. The monoisotopic (exact) mass is 423 g/mol. The molecule has 30 heavy (non-hydrogen) atoms. The van der Waals surface area contributed by atoms with Gasteiger partial charge >= 0.3 is 0 Å². The van der Waals surface area contributed by atoms with Gasteiger partial charge in [0, 0.05) is 13.6 Å². The number of H-pyrrole nitrogens is 1. The van der Waals surface area contributed by atoms with Crippen LogP contribution in [-0.2, 0) is 11.3 Å². The number of nitrogens with one attached hydrogen (secondary N) is 1. The molecule has 0 aliphatic carbocycles. The highest BCUT2D eigenvalue weighted by Gasteiger charge is 2.14. The molecular weight excluding hydrogens is 405 g/mol. The number of aromatic nitrogens is 4. The van der Waals surface area contributed by atoms with Crippen LogP contribution in [0.5, 0.6) is 0 Å². The highest BCUT2D eigenvalue weighted by molar-refractivity contribution is 7.99. The standard InChI is InChI=1S/C21H18FN5O2S/c1-26(12-14-7-9-15(22)10-8-14)18(28)13-30-21-24-19-17(20(29)25-21)11-23-27(19)16-5-3-2-4-6-16/h2-11H,12-13H2,1H3,(H,24,25,29). The lowest BCUT2D eigenvalue weighted by Crippen LogP contribution is -2.28. The Bertz CT molecular complexity index is 1240. The molecule has 0 aliphatic heterocycles. The normalized spacial score (nSPS) is 11.0. The van der Waals surface area contributed by atoms with Crippen LogP contribution in [0.15, 0.2) is 70.7 Å². The van der Waals surface area contributed by atoms with Gasteiger partial charge in [0.2, 0.25) is 5.91 Å². The molecule has 4 aromatic rings. The number of nitrogens with zero attached hydrogens (tertiary/aromatic N) is 4. The second kappa shape index (κ2) is 8.50. The molecule has 0 spiro atoms. The maximum absolute atomic E-state index is 13.0. The van der Waals surface area contributed by atoms with Crippen molar-refractivity contribution in [2.45, 2.75) is 11.7 Å². The minimum absolute atomic E-state index is 0.103. The molecule has 152 valence electrons. The van der Waals surface area contributed by atoms with Crippen LogP contribution in [0.2, 0.25) is 0 Å². The van der Waals surface area contributed by atoms with E-state index in [1.807, 2.05) is 30.3 Å². The molecule has 0 saturated heterocycles. The minimum Gasteiger partial charge on any atom is -0.341 e. The lowest BCUT2D eigenvalue weighted by Gasteiger charge is -2.17. The first-order chi connectivity index (χ1) is 14.5. The van der Waals surface area contributed by atoms with Crippen LogP contribution in [0.4, 0.5) is 4.39 Å². The fourth-order valence-electron chi connectivity index (χ4n) is 2.92. The summed E-state index contributed by atoms with van der Waals surface area (Å²) < 4.78 is 14.6. The number of carbonyl (C=O) groups excluding carboxylic acids is 1. The fourth-order valence-corrected chi connectivity index (χ4v) is 3.71. The summed E-state index contributed by atoms with van der Waals surface area (Å²) in [5.41, 5.74) is 1.74. The van der Waals surface area contributed by atoms with Crippen molar-refractivity contribution in [1.82, 2.24) is 24.6 Å². The second-order valence-electron chi connectivity index (χ2n) is 6.67. The molecule has 1 amide bonds. The number of hydrogen-bond acceptors (Lipinski definition) is 5. The number of fused-ring (bicyclic) bond motifs is 1. The topological polar surface area (TPSA) is 83.9 Å². The Balaban J connectivity index is 1.49. The third kappa shape index (κ3) is 4.25. The van der Waals surface area contributed by atoms with E-state index < -0.39 is 0 Å². The lowest BCUT2D eigenvalue weighted by molar-refractivity contribution is -0.127. The van der Waals surface area contributed by atoms with Gasteiger partial charge in [-0.25, -0.2) is 14.1 Å². The van der Waals surface area contributed by atoms with Crippen molar-refractivity contribution in [2.75, 3.05) is 12.8 Å². The van der Waals surface area contributed by atoms with Gasteiger partial charge in [0.1, 0.15) is 11.2 Å². The summed E-state index contributed by atoms with van der Waals surface area (Å²) in [6, 6.07) is 15.4. The molecule has 4 rings (SSSR count). The van der Waals surface area contributed by atoms with Gasteiger partial charge in [0.25, 0.3) is 5.56 Å². The number of hydrogen-bond donors (Lipinski definition) is 1. The van der Waals surface area contributed by atoms with Crippen LogP contribution < -0.4 is 5.56 Å². The quantitative estimate of drug-likeness (QED) is 0.381. The molecular formula is C21H18FN5O2S. The van der Waals surface area contributed by atoms with Gasteiger partial charge in [-0.15, -0.1) is 0 Å². The number of amides is 1. The summed E-state index contributed by atoms with van der Waals surface area (Å²) in [5.74, 6) is -0.349. The largest absolute Gasteiger partial charge is 0.341 e. The van der Waals surface area contributed by atoms with Gasteiger partial charge in [-0.1, -0.05) is 42.1 Å². The second-order valence-corrected chi connectivity index (χ2v) is 7.63. The SMILES string of the molecule is CN(Cc1ccc(F)cc1)C(=O)CSc1nc2c(cnn2-c2ccccc2)c(=O)[nH]1. The molecule has 0 unspecified atom stereocenters. The van der Waals surface area contributed by atoms with E-state index in [0.717, 1.165) is 23.0 Å². The summed E-state index contributed by atoms with van der Waals surface area (Å²) >= 11 is 1.15. The molecule has 2 aromatic heterocycles. The zero-order valence-electron chi connectivity index (χ0n) is 16.1. The molecule has 0 bridgehead atoms.